The van der Waals surface area contributed by atoms with Gasteiger partial charge in [0.25, 0.3) is 0 Å². The van der Waals surface area contributed by atoms with Gasteiger partial charge in [0.1, 0.15) is 5.82 Å². The molecule has 2 N–H and O–H groups in total. The maximum atomic E-state index is 13.2. The van der Waals surface area contributed by atoms with Crippen LogP contribution in [0.25, 0.3) is 0 Å². The molecule has 0 atom stereocenters. The minimum atomic E-state index is -0.223. The first-order valence-electron chi connectivity index (χ1n) is 5.55. The van der Waals surface area contributed by atoms with Crippen molar-refractivity contribution in [2.45, 2.75) is 17.2 Å². The molecule has 0 aliphatic rings. The molecule has 2 aromatic rings. The van der Waals surface area contributed by atoms with Gasteiger partial charge < -0.3 is 5.73 Å². The highest BCUT2D eigenvalue weighted by molar-refractivity contribution is 7.98. The number of rotatable bonds is 4. The molecule has 2 rings (SSSR count). The number of benzene rings is 2. The lowest BCUT2D eigenvalue weighted by Gasteiger charge is -2.08. The Morgan fingerprint density at radius 1 is 1.06 bits per heavy atom. The molecular formula is C14H13ClFNS. The Labute approximate surface area is 115 Å². The van der Waals surface area contributed by atoms with Crippen LogP contribution in [0.3, 0.4) is 0 Å². The monoisotopic (exact) mass is 281 g/mol. The zero-order valence-electron chi connectivity index (χ0n) is 9.70. The molecule has 0 bridgehead atoms. The molecule has 0 fully saturated rings. The van der Waals surface area contributed by atoms with Crippen molar-refractivity contribution in [1.82, 2.24) is 0 Å². The number of thioether (sulfide) groups is 1. The molecule has 2 aromatic carbocycles. The SMILES string of the molecule is NCc1ccc(F)cc1CSc1ccc(Cl)cc1. The zero-order valence-corrected chi connectivity index (χ0v) is 11.3. The lowest BCUT2D eigenvalue weighted by molar-refractivity contribution is 0.625. The average Bonchev–Trinajstić information content (AvgIpc) is 2.38. The van der Waals surface area contributed by atoms with E-state index in [9.17, 15) is 4.39 Å². The summed E-state index contributed by atoms with van der Waals surface area (Å²) < 4.78 is 13.2. The minimum Gasteiger partial charge on any atom is -0.326 e. The fraction of sp³-hybridized carbons (Fsp3) is 0.143. The van der Waals surface area contributed by atoms with Crippen LogP contribution in [0.2, 0.25) is 5.02 Å². The van der Waals surface area contributed by atoms with Crippen molar-refractivity contribution in [3.8, 4) is 0 Å². The van der Waals surface area contributed by atoms with Crippen LogP contribution in [0, 0.1) is 5.82 Å². The van der Waals surface area contributed by atoms with E-state index in [4.69, 9.17) is 17.3 Å². The normalized spacial score (nSPS) is 10.6. The van der Waals surface area contributed by atoms with E-state index in [0.29, 0.717) is 17.3 Å². The Morgan fingerprint density at radius 2 is 1.78 bits per heavy atom. The summed E-state index contributed by atoms with van der Waals surface area (Å²) in [6.07, 6.45) is 0. The largest absolute Gasteiger partial charge is 0.326 e. The van der Waals surface area contributed by atoms with Gasteiger partial charge in [0.05, 0.1) is 0 Å². The second-order valence-corrected chi connectivity index (χ2v) is 5.34. The molecule has 4 heteroatoms. The summed E-state index contributed by atoms with van der Waals surface area (Å²) in [5.41, 5.74) is 7.57. The van der Waals surface area contributed by atoms with E-state index in [1.54, 1.807) is 23.9 Å². The zero-order chi connectivity index (χ0) is 13.0. The van der Waals surface area contributed by atoms with Crippen molar-refractivity contribution < 1.29 is 4.39 Å². The summed E-state index contributed by atoms with van der Waals surface area (Å²) >= 11 is 7.46. The highest BCUT2D eigenvalue weighted by atomic mass is 35.5. The fourth-order valence-corrected chi connectivity index (χ4v) is 2.67. The molecule has 0 saturated heterocycles. The lowest BCUT2D eigenvalue weighted by Crippen LogP contribution is -2.01. The Balaban J connectivity index is 2.09. The molecule has 0 aromatic heterocycles. The van der Waals surface area contributed by atoms with Gasteiger partial charge in [-0.1, -0.05) is 17.7 Å². The first-order chi connectivity index (χ1) is 8.69. The van der Waals surface area contributed by atoms with Gasteiger partial charge in [-0.05, 0) is 47.5 Å². The fourth-order valence-electron chi connectivity index (χ4n) is 1.62. The van der Waals surface area contributed by atoms with E-state index < -0.39 is 0 Å². The predicted molar refractivity (Wildman–Crippen MR) is 75.3 cm³/mol. The van der Waals surface area contributed by atoms with Crippen LogP contribution < -0.4 is 5.73 Å². The summed E-state index contributed by atoms with van der Waals surface area (Å²) in [5.74, 6) is 0.477. The third-order valence-electron chi connectivity index (χ3n) is 2.60. The van der Waals surface area contributed by atoms with Crippen LogP contribution in [0.1, 0.15) is 11.1 Å². The summed E-state index contributed by atoms with van der Waals surface area (Å²) in [6, 6.07) is 12.3. The lowest BCUT2D eigenvalue weighted by atomic mass is 10.1. The van der Waals surface area contributed by atoms with E-state index >= 15 is 0 Å². The molecular weight excluding hydrogens is 269 g/mol. The predicted octanol–water partition coefficient (Wildman–Crippen LogP) is 4.23. The molecule has 0 aliphatic heterocycles. The maximum Gasteiger partial charge on any atom is 0.123 e. The smallest absolute Gasteiger partial charge is 0.123 e. The summed E-state index contributed by atoms with van der Waals surface area (Å²) in [5, 5.41) is 0.716. The minimum absolute atomic E-state index is 0.223. The van der Waals surface area contributed by atoms with Crippen LogP contribution in [0.5, 0.6) is 0 Å². The van der Waals surface area contributed by atoms with Gasteiger partial charge in [-0.3, -0.25) is 0 Å². The Hall–Kier alpha value is -1.03. The number of nitrogens with two attached hydrogens (primary N) is 1. The molecule has 94 valence electrons. The third-order valence-corrected chi connectivity index (χ3v) is 3.91. The van der Waals surface area contributed by atoms with Gasteiger partial charge >= 0.3 is 0 Å². The van der Waals surface area contributed by atoms with Crippen LogP contribution in [0.15, 0.2) is 47.4 Å². The average molecular weight is 282 g/mol. The summed E-state index contributed by atoms with van der Waals surface area (Å²) in [6.45, 7) is 0.427. The first-order valence-corrected chi connectivity index (χ1v) is 6.91. The molecule has 0 aliphatic carbocycles. The highest BCUT2D eigenvalue weighted by Gasteiger charge is 2.04. The number of hydrogen-bond acceptors (Lipinski definition) is 2. The van der Waals surface area contributed by atoms with Crippen LogP contribution >= 0.6 is 23.4 Å². The standard InChI is InChI=1S/C14H13ClFNS/c15-12-2-5-14(6-3-12)18-9-11-7-13(16)4-1-10(11)8-17/h1-7H,8-9,17H2. The molecule has 1 nitrogen and oxygen atoms in total. The summed E-state index contributed by atoms with van der Waals surface area (Å²) in [7, 11) is 0. The second kappa shape index (κ2) is 6.23. The molecule has 0 spiro atoms. The van der Waals surface area contributed by atoms with Crippen molar-refractivity contribution in [2.75, 3.05) is 0 Å². The van der Waals surface area contributed by atoms with Crippen molar-refractivity contribution in [2.24, 2.45) is 5.73 Å². The topological polar surface area (TPSA) is 26.0 Å². The van der Waals surface area contributed by atoms with E-state index in [1.807, 2.05) is 24.3 Å². The second-order valence-electron chi connectivity index (χ2n) is 3.86. The van der Waals surface area contributed by atoms with E-state index in [2.05, 4.69) is 0 Å². The van der Waals surface area contributed by atoms with Crippen LogP contribution in [-0.4, -0.2) is 0 Å². The molecule has 0 unspecified atom stereocenters. The van der Waals surface area contributed by atoms with Crippen LogP contribution in [-0.2, 0) is 12.3 Å². The highest BCUT2D eigenvalue weighted by Crippen LogP contribution is 2.26. The van der Waals surface area contributed by atoms with Gasteiger partial charge in [0.15, 0.2) is 0 Å². The van der Waals surface area contributed by atoms with Gasteiger partial charge in [0.2, 0.25) is 0 Å². The van der Waals surface area contributed by atoms with Crippen molar-refractivity contribution >= 4 is 23.4 Å². The van der Waals surface area contributed by atoms with Crippen LogP contribution in [0.4, 0.5) is 4.39 Å². The van der Waals surface area contributed by atoms with E-state index in [1.165, 1.54) is 6.07 Å². The summed E-state index contributed by atoms with van der Waals surface area (Å²) in [4.78, 5) is 1.10. The van der Waals surface area contributed by atoms with Gasteiger partial charge in [-0.2, -0.15) is 0 Å². The maximum absolute atomic E-state index is 13.2. The van der Waals surface area contributed by atoms with Gasteiger partial charge in [-0.15, -0.1) is 11.8 Å². The van der Waals surface area contributed by atoms with Crippen molar-refractivity contribution in [3.05, 3.63) is 64.4 Å². The van der Waals surface area contributed by atoms with Gasteiger partial charge in [0, 0.05) is 22.2 Å². The third kappa shape index (κ3) is 3.48. The Bertz CT molecular complexity index is 528. The number of hydrogen-bond donors (Lipinski definition) is 1. The molecule has 18 heavy (non-hydrogen) atoms. The van der Waals surface area contributed by atoms with Crippen molar-refractivity contribution in [1.29, 1.82) is 0 Å². The van der Waals surface area contributed by atoms with Gasteiger partial charge in [-0.25, -0.2) is 4.39 Å². The number of halogens is 2. The molecule has 0 saturated carbocycles. The Morgan fingerprint density at radius 3 is 2.44 bits per heavy atom. The first kappa shape index (κ1) is 13.4. The van der Waals surface area contributed by atoms with E-state index in [-0.39, 0.29) is 5.82 Å². The quantitative estimate of drug-likeness (QED) is 0.849. The molecule has 0 heterocycles. The van der Waals surface area contributed by atoms with Crippen molar-refractivity contribution in [3.63, 3.8) is 0 Å². The molecule has 0 radical (unpaired) electrons. The molecule has 0 amide bonds. The van der Waals surface area contributed by atoms with E-state index in [0.717, 1.165) is 16.0 Å². The Kier molecular flexibility index (Phi) is 4.64.